The van der Waals surface area contributed by atoms with Crippen molar-refractivity contribution in [1.29, 1.82) is 0 Å². The quantitative estimate of drug-likeness (QED) is 0.379. The van der Waals surface area contributed by atoms with Crippen LogP contribution in [0.15, 0.2) is 84.9 Å². The molecule has 1 saturated heterocycles. The summed E-state index contributed by atoms with van der Waals surface area (Å²) in [7, 11) is 0. The molecule has 2 amide bonds. The molecule has 0 radical (unpaired) electrons. The summed E-state index contributed by atoms with van der Waals surface area (Å²) in [6.45, 7) is 0.0592. The summed E-state index contributed by atoms with van der Waals surface area (Å²) < 4.78 is 5.46. The van der Waals surface area contributed by atoms with Gasteiger partial charge in [-0.1, -0.05) is 60.7 Å². The minimum Gasteiger partial charge on any atom is -0.508 e. The summed E-state index contributed by atoms with van der Waals surface area (Å²) in [6.07, 6.45) is 0.267. The molecule has 3 aromatic carbocycles. The van der Waals surface area contributed by atoms with E-state index in [4.69, 9.17) is 4.74 Å². The average molecular weight is 415 g/mol. The second-order valence-corrected chi connectivity index (χ2v) is 7.39. The fourth-order valence-electron chi connectivity index (χ4n) is 3.66. The molecule has 1 heterocycles. The normalized spacial score (nSPS) is 17.7. The highest BCUT2D eigenvalue weighted by atomic mass is 16.5. The van der Waals surface area contributed by atoms with Crippen LogP contribution < -0.4 is 0 Å². The number of carbonyl (C=O) groups is 3. The second-order valence-electron chi connectivity index (χ2n) is 7.39. The summed E-state index contributed by atoms with van der Waals surface area (Å²) in [5.41, 5.74) is 1.93. The van der Waals surface area contributed by atoms with Gasteiger partial charge in [-0.3, -0.25) is 14.5 Å². The first-order valence-electron chi connectivity index (χ1n) is 9.95. The maximum absolute atomic E-state index is 12.9. The lowest BCUT2D eigenvalue weighted by molar-refractivity contribution is -0.170. The Morgan fingerprint density at radius 2 is 1.45 bits per heavy atom. The molecule has 0 saturated carbocycles. The minimum atomic E-state index is -1.00. The molecule has 3 aromatic rings. The van der Waals surface area contributed by atoms with Crippen molar-refractivity contribution >= 4 is 17.8 Å². The van der Waals surface area contributed by atoms with Gasteiger partial charge in [-0.2, -0.15) is 0 Å². The molecule has 0 unspecified atom stereocenters. The van der Waals surface area contributed by atoms with E-state index in [1.54, 1.807) is 42.5 Å². The molecular formula is C25H21NO5. The predicted molar refractivity (Wildman–Crippen MR) is 113 cm³/mol. The van der Waals surface area contributed by atoms with Crippen LogP contribution in [-0.2, 0) is 27.4 Å². The molecule has 1 N–H and O–H groups in total. The SMILES string of the molecule is O=C(OCc1ccccc1)[C@H]1[C@@H](Cc2ccc(O)cc2)C(=O)N1C(=O)c1ccccc1. The summed E-state index contributed by atoms with van der Waals surface area (Å²) in [6, 6.07) is 23.0. The average Bonchev–Trinajstić information content (AvgIpc) is 2.81. The molecule has 0 bridgehead atoms. The van der Waals surface area contributed by atoms with Gasteiger partial charge in [0.05, 0.1) is 5.92 Å². The van der Waals surface area contributed by atoms with Gasteiger partial charge in [-0.15, -0.1) is 0 Å². The van der Waals surface area contributed by atoms with Crippen LogP contribution in [0.3, 0.4) is 0 Å². The molecule has 6 nitrogen and oxygen atoms in total. The van der Waals surface area contributed by atoms with E-state index < -0.39 is 29.7 Å². The third-order valence-corrected chi connectivity index (χ3v) is 5.31. The molecule has 1 aliphatic heterocycles. The lowest BCUT2D eigenvalue weighted by Crippen LogP contribution is -2.67. The Bertz CT molecular complexity index is 1080. The molecule has 4 rings (SSSR count). The van der Waals surface area contributed by atoms with Gasteiger partial charge in [0.25, 0.3) is 5.91 Å². The van der Waals surface area contributed by atoms with Crippen molar-refractivity contribution in [3.63, 3.8) is 0 Å². The van der Waals surface area contributed by atoms with Gasteiger partial charge >= 0.3 is 5.97 Å². The Morgan fingerprint density at radius 3 is 2.10 bits per heavy atom. The van der Waals surface area contributed by atoms with E-state index in [0.717, 1.165) is 16.0 Å². The number of nitrogens with zero attached hydrogens (tertiary/aromatic N) is 1. The Hall–Kier alpha value is -3.93. The number of carbonyl (C=O) groups excluding carboxylic acids is 3. The predicted octanol–water partition coefficient (Wildman–Crippen LogP) is 3.35. The highest BCUT2D eigenvalue weighted by Crippen LogP contribution is 2.33. The van der Waals surface area contributed by atoms with E-state index in [-0.39, 0.29) is 18.8 Å². The van der Waals surface area contributed by atoms with Gasteiger partial charge in [-0.25, -0.2) is 4.79 Å². The van der Waals surface area contributed by atoms with Gasteiger partial charge in [0.15, 0.2) is 0 Å². The number of hydrogen-bond acceptors (Lipinski definition) is 5. The molecule has 1 fully saturated rings. The van der Waals surface area contributed by atoms with Crippen LogP contribution >= 0.6 is 0 Å². The van der Waals surface area contributed by atoms with E-state index >= 15 is 0 Å². The molecule has 1 aliphatic rings. The van der Waals surface area contributed by atoms with Crippen LogP contribution in [0, 0.1) is 5.92 Å². The first-order valence-corrected chi connectivity index (χ1v) is 9.95. The van der Waals surface area contributed by atoms with E-state index in [1.807, 2.05) is 30.3 Å². The van der Waals surface area contributed by atoms with Crippen molar-refractivity contribution < 1.29 is 24.2 Å². The zero-order valence-corrected chi connectivity index (χ0v) is 16.7. The van der Waals surface area contributed by atoms with Crippen molar-refractivity contribution in [3.8, 4) is 5.75 Å². The lowest BCUT2D eigenvalue weighted by Gasteiger charge is -2.43. The number of likely N-dealkylation sites (tertiary alicyclic amines) is 1. The van der Waals surface area contributed by atoms with Crippen molar-refractivity contribution in [3.05, 3.63) is 102 Å². The number of phenols is 1. The number of imide groups is 1. The Morgan fingerprint density at radius 1 is 0.839 bits per heavy atom. The third kappa shape index (κ3) is 4.33. The fraction of sp³-hybridized carbons (Fsp3) is 0.160. The van der Waals surface area contributed by atoms with Crippen molar-refractivity contribution in [2.75, 3.05) is 0 Å². The van der Waals surface area contributed by atoms with Crippen LogP contribution in [0.25, 0.3) is 0 Å². The van der Waals surface area contributed by atoms with Gasteiger partial charge in [0.1, 0.15) is 18.4 Å². The molecule has 6 heteroatoms. The number of phenolic OH excluding ortho intramolecular Hbond substituents is 1. The van der Waals surface area contributed by atoms with E-state index in [9.17, 15) is 19.5 Å². The zero-order chi connectivity index (χ0) is 21.8. The summed E-state index contributed by atoms with van der Waals surface area (Å²) in [5.74, 6) is -2.14. The fourth-order valence-corrected chi connectivity index (χ4v) is 3.66. The van der Waals surface area contributed by atoms with Crippen LogP contribution in [-0.4, -0.2) is 33.8 Å². The maximum atomic E-state index is 12.9. The Balaban J connectivity index is 1.55. The largest absolute Gasteiger partial charge is 0.508 e. The Kier molecular flexibility index (Phi) is 5.80. The topological polar surface area (TPSA) is 83.9 Å². The summed E-state index contributed by atoms with van der Waals surface area (Å²) in [4.78, 5) is 39.7. The van der Waals surface area contributed by atoms with E-state index in [1.165, 1.54) is 12.1 Å². The first kappa shape index (κ1) is 20.3. The van der Waals surface area contributed by atoms with Gasteiger partial charge in [0.2, 0.25) is 5.91 Å². The Labute approximate surface area is 179 Å². The lowest BCUT2D eigenvalue weighted by atomic mass is 9.81. The number of hydrogen-bond donors (Lipinski definition) is 1. The first-order chi connectivity index (χ1) is 15.0. The number of β-lactam (4-membered cyclic amide) rings is 1. The van der Waals surface area contributed by atoms with E-state index in [0.29, 0.717) is 5.56 Å². The monoisotopic (exact) mass is 415 g/mol. The molecule has 156 valence electrons. The molecular weight excluding hydrogens is 394 g/mol. The number of rotatable bonds is 6. The minimum absolute atomic E-state index is 0.0592. The van der Waals surface area contributed by atoms with Crippen LogP contribution in [0.4, 0.5) is 0 Å². The van der Waals surface area contributed by atoms with Crippen LogP contribution in [0.5, 0.6) is 5.75 Å². The van der Waals surface area contributed by atoms with Crippen LogP contribution in [0.2, 0.25) is 0 Å². The number of esters is 1. The van der Waals surface area contributed by atoms with Gasteiger partial charge in [0, 0.05) is 5.56 Å². The third-order valence-electron chi connectivity index (χ3n) is 5.31. The second kappa shape index (κ2) is 8.83. The van der Waals surface area contributed by atoms with Gasteiger partial charge < -0.3 is 9.84 Å². The molecule has 31 heavy (non-hydrogen) atoms. The van der Waals surface area contributed by atoms with Crippen LogP contribution in [0.1, 0.15) is 21.5 Å². The number of benzene rings is 3. The van der Waals surface area contributed by atoms with Crippen molar-refractivity contribution in [2.45, 2.75) is 19.1 Å². The molecule has 2 atom stereocenters. The highest BCUT2D eigenvalue weighted by Gasteiger charge is 2.55. The standard InChI is InChI=1S/C25H21NO5/c27-20-13-11-17(12-14-20)15-21-22(25(30)31-16-18-7-3-1-4-8-18)26(24(21)29)23(28)19-9-5-2-6-10-19/h1-14,21-22,27H,15-16H2/t21-,22-/m1/s1. The molecule has 0 aromatic heterocycles. The van der Waals surface area contributed by atoms with E-state index in [2.05, 4.69) is 0 Å². The molecule has 0 aliphatic carbocycles. The number of amides is 2. The maximum Gasteiger partial charge on any atom is 0.330 e. The smallest absolute Gasteiger partial charge is 0.330 e. The van der Waals surface area contributed by atoms with Crippen molar-refractivity contribution in [1.82, 2.24) is 4.90 Å². The number of aromatic hydroxyl groups is 1. The zero-order valence-electron chi connectivity index (χ0n) is 16.7. The highest BCUT2D eigenvalue weighted by molar-refractivity contribution is 6.13. The summed E-state index contributed by atoms with van der Waals surface area (Å²) >= 11 is 0. The summed E-state index contributed by atoms with van der Waals surface area (Å²) in [5, 5.41) is 9.48. The number of ether oxygens (including phenoxy) is 1. The molecule has 0 spiro atoms. The van der Waals surface area contributed by atoms with Gasteiger partial charge in [-0.05, 0) is 41.8 Å². The van der Waals surface area contributed by atoms with Crippen molar-refractivity contribution in [2.24, 2.45) is 5.92 Å².